The molecule has 1 heterocycles. The highest BCUT2D eigenvalue weighted by molar-refractivity contribution is 8.93. The Balaban J connectivity index is 0.00000361. The van der Waals surface area contributed by atoms with E-state index in [0.717, 1.165) is 11.6 Å². The number of amides is 2. The predicted molar refractivity (Wildman–Crippen MR) is 91.3 cm³/mol. The first kappa shape index (κ1) is 19.2. The molecule has 0 aliphatic carbocycles. The first-order valence-electron chi connectivity index (χ1n) is 6.10. The van der Waals surface area contributed by atoms with Crippen molar-refractivity contribution in [3.63, 3.8) is 0 Å². The maximum atomic E-state index is 12.2. The van der Waals surface area contributed by atoms with Crippen LogP contribution in [0.15, 0.2) is 23.2 Å². The summed E-state index contributed by atoms with van der Waals surface area (Å²) >= 11 is 1.57. The number of hydrogen-bond donors (Lipinski definition) is 0. The summed E-state index contributed by atoms with van der Waals surface area (Å²) in [7, 11) is 7.49. The van der Waals surface area contributed by atoms with E-state index in [9.17, 15) is 4.79 Å². The van der Waals surface area contributed by atoms with Crippen LogP contribution in [0.4, 0.5) is 10.6 Å². The van der Waals surface area contributed by atoms with Gasteiger partial charge in [-0.25, -0.2) is 9.78 Å². The van der Waals surface area contributed by atoms with Crippen molar-refractivity contribution in [3.8, 4) is 0 Å². The number of likely N-dealkylation sites (N-methyl/N-ethyl adjacent to an activating group) is 1. The van der Waals surface area contributed by atoms with E-state index in [1.165, 1.54) is 0 Å². The second kappa shape index (κ2) is 9.20. The number of urea groups is 1. The molecule has 0 fully saturated rings. The van der Waals surface area contributed by atoms with Crippen LogP contribution < -0.4 is 4.90 Å². The van der Waals surface area contributed by atoms with Gasteiger partial charge in [0.05, 0.1) is 5.03 Å². The van der Waals surface area contributed by atoms with Crippen LogP contribution in [-0.2, 0) is 0 Å². The van der Waals surface area contributed by atoms with Crippen molar-refractivity contribution in [2.45, 2.75) is 5.03 Å². The molecule has 0 saturated carbocycles. The molecule has 1 aromatic rings. The fourth-order valence-electron chi connectivity index (χ4n) is 1.52. The van der Waals surface area contributed by atoms with E-state index < -0.39 is 0 Å². The molecule has 0 bridgehead atoms. The lowest BCUT2D eigenvalue weighted by atomic mass is 10.4. The summed E-state index contributed by atoms with van der Waals surface area (Å²) in [5.74, 6) is 0.701. The molecule has 0 spiro atoms. The van der Waals surface area contributed by atoms with Crippen LogP contribution in [-0.4, -0.2) is 68.4 Å². The van der Waals surface area contributed by atoms with Gasteiger partial charge in [0.15, 0.2) is 0 Å². The Morgan fingerprint density at radius 1 is 1.20 bits per heavy atom. The van der Waals surface area contributed by atoms with Gasteiger partial charge in [-0.3, -0.25) is 4.90 Å². The zero-order valence-electron chi connectivity index (χ0n) is 12.7. The van der Waals surface area contributed by atoms with Crippen LogP contribution >= 0.6 is 28.7 Å². The summed E-state index contributed by atoms with van der Waals surface area (Å²) in [6.45, 7) is 1.42. The molecule has 1 rings (SSSR count). The Labute approximate surface area is 136 Å². The lowest BCUT2D eigenvalue weighted by Gasteiger charge is -2.26. The van der Waals surface area contributed by atoms with Crippen LogP contribution in [0.1, 0.15) is 0 Å². The average molecular weight is 363 g/mol. The van der Waals surface area contributed by atoms with Crippen LogP contribution in [0.3, 0.4) is 0 Å². The molecule has 0 unspecified atom stereocenters. The Morgan fingerprint density at radius 3 is 2.35 bits per heavy atom. The van der Waals surface area contributed by atoms with Gasteiger partial charge in [0.2, 0.25) is 0 Å². The number of pyridine rings is 1. The monoisotopic (exact) mass is 362 g/mol. The molecule has 0 aliphatic heterocycles. The number of nitrogens with zero attached hydrogens (tertiary/aromatic N) is 4. The maximum absolute atomic E-state index is 12.2. The predicted octanol–water partition coefficient (Wildman–Crippen LogP) is 2.43. The average Bonchev–Trinajstić information content (AvgIpc) is 2.38. The fourth-order valence-corrected chi connectivity index (χ4v) is 1.92. The van der Waals surface area contributed by atoms with Crippen molar-refractivity contribution < 1.29 is 4.79 Å². The third-order valence-electron chi connectivity index (χ3n) is 2.58. The zero-order chi connectivity index (χ0) is 14.4. The number of anilines is 1. The number of hydrogen-bond acceptors (Lipinski definition) is 4. The second-order valence-corrected chi connectivity index (χ2v) is 5.50. The van der Waals surface area contributed by atoms with E-state index >= 15 is 0 Å². The van der Waals surface area contributed by atoms with Gasteiger partial charge in [-0.05, 0) is 32.5 Å². The van der Waals surface area contributed by atoms with E-state index in [-0.39, 0.29) is 23.0 Å². The van der Waals surface area contributed by atoms with E-state index in [1.54, 1.807) is 35.7 Å². The molecule has 0 atom stereocenters. The molecule has 0 radical (unpaired) electrons. The number of carbonyl (C=O) groups is 1. The van der Waals surface area contributed by atoms with E-state index in [4.69, 9.17) is 0 Å². The molecule has 2 amide bonds. The number of rotatable bonds is 5. The quantitative estimate of drug-likeness (QED) is 0.754. The van der Waals surface area contributed by atoms with E-state index in [1.807, 2.05) is 43.5 Å². The molecule has 5 nitrogen and oxygen atoms in total. The van der Waals surface area contributed by atoms with Crippen LogP contribution in [0.25, 0.3) is 0 Å². The topological polar surface area (TPSA) is 39.7 Å². The minimum Gasteiger partial charge on any atom is -0.330 e. The minimum atomic E-state index is -0.0485. The summed E-state index contributed by atoms with van der Waals surface area (Å²) < 4.78 is 0. The summed E-state index contributed by atoms with van der Waals surface area (Å²) in [5.41, 5.74) is 0. The summed E-state index contributed by atoms with van der Waals surface area (Å²) in [4.78, 5) is 22.1. The van der Waals surface area contributed by atoms with Gasteiger partial charge in [0.25, 0.3) is 0 Å². The van der Waals surface area contributed by atoms with Crippen LogP contribution in [0, 0.1) is 0 Å². The van der Waals surface area contributed by atoms with E-state index in [2.05, 4.69) is 4.98 Å². The van der Waals surface area contributed by atoms with E-state index in [0.29, 0.717) is 12.4 Å². The second-order valence-electron chi connectivity index (χ2n) is 4.67. The van der Waals surface area contributed by atoms with Gasteiger partial charge in [-0.2, -0.15) is 0 Å². The lowest BCUT2D eigenvalue weighted by Crippen LogP contribution is -2.43. The first-order valence-corrected chi connectivity index (χ1v) is 7.32. The van der Waals surface area contributed by atoms with Crippen molar-refractivity contribution in [1.82, 2.24) is 14.8 Å². The molecule has 20 heavy (non-hydrogen) atoms. The Kier molecular flexibility index (Phi) is 8.84. The third kappa shape index (κ3) is 5.68. The smallest absolute Gasteiger partial charge is 0.325 e. The van der Waals surface area contributed by atoms with Gasteiger partial charge in [0.1, 0.15) is 5.82 Å². The van der Waals surface area contributed by atoms with Crippen molar-refractivity contribution in [3.05, 3.63) is 18.2 Å². The molecule has 0 N–H and O–H groups in total. The van der Waals surface area contributed by atoms with Gasteiger partial charge < -0.3 is 9.80 Å². The Morgan fingerprint density at radius 2 is 1.85 bits per heavy atom. The van der Waals surface area contributed by atoms with Gasteiger partial charge in [-0.15, -0.1) is 28.7 Å². The summed E-state index contributed by atoms with van der Waals surface area (Å²) in [5, 5.41) is 0.916. The van der Waals surface area contributed by atoms with Crippen molar-refractivity contribution in [2.75, 3.05) is 52.4 Å². The molecule has 114 valence electrons. The van der Waals surface area contributed by atoms with Crippen molar-refractivity contribution >= 4 is 40.6 Å². The highest BCUT2D eigenvalue weighted by Crippen LogP contribution is 2.18. The largest absolute Gasteiger partial charge is 0.330 e. The molecule has 1 aromatic heterocycles. The third-order valence-corrected chi connectivity index (χ3v) is 3.22. The van der Waals surface area contributed by atoms with Crippen molar-refractivity contribution in [2.24, 2.45) is 0 Å². The van der Waals surface area contributed by atoms with Gasteiger partial charge >= 0.3 is 6.03 Å². The highest BCUT2D eigenvalue weighted by atomic mass is 79.9. The molecular weight excluding hydrogens is 340 g/mol. The normalized spacial score (nSPS) is 10.1. The minimum absolute atomic E-state index is 0. The zero-order valence-corrected chi connectivity index (χ0v) is 15.2. The number of thioether (sulfide) groups is 1. The van der Waals surface area contributed by atoms with Gasteiger partial charge in [-0.1, -0.05) is 6.07 Å². The van der Waals surface area contributed by atoms with Crippen LogP contribution in [0.5, 0.6) is 0 Å². The summed E-state index contributed by atoms with van der Waals surface area (Å²) in [6.07, 6.45) is 1.98. The molecule has 0 aliphatic rings. The van der Waals surface area contributed by atoms with Crippen molar-refractivity contribution in [1.29, 1.82) is 0 Å². The van der Waals surface area contributed by atoms with Crippen LogP contribution in [0.2, 0.25) is 0 Å². The molecule has 0 aromatic carbocycles. The number of carbonyl (C=O) groups excluding carboxylic acids is 1. The molecular formula is C13H23BrN4OS. The number of aromatic nitrogens is 1. The SMILES string of the molecule is Br.CSc1cccc(N(CCN(C)C)C(=O)N(C)C)n1. The maximum Gasteiger partial charge on any atom is 0.325 e. The summed E-state index contributed by atoms with van der Waals surface area (Å²) in [6, 6.07) is 5.70. The Bertz CT molecular complexity index is 429. The number of halogens is 1. The highest BCUT2D eigenvalue weighted by Gasteiger charge is 2.18. The van der Waals surface area contributed by atoms with Gasteiger partial charge in [0, 0.05) is 27.2 Å². The molecule has 0 saturated heterocycles. The first-order chi connectivity index (χ1) is 8.95. The lowest BCUT2D eigenvalue weighted by molar-refractivity contribution is 0.222. The Hall–Kier alpha value is -0.790. The molecule has 7 heteroatoms. The fraction of sp³-hybridized carbons (Fsp3) is 0.538. The standard InChI is InChI=1S/C13H22N4OS.BrH/c1-15(2)9-10-17(13(18)16(3)4)11-7-6-8-12(14-11)19-5;/h6-8H,9-10H2,1-5H3;1H.